The summed E-state index contributed by atoms with van der Waals surface area (Å²) < 4.78 is 37.9. The van der Waals surface area contributed by atoms with Crippen LogP contribution in [0.25, 0.3) is 0 Å². The largest absolute Gasteiger partial charge is 0.468 e. The van der Waals surface area contributed by atoms with Crippen LogP contribution in [-0.2, 0) is 42.2 Å². The van der Waals surface area contributed by atoms with Gasteiger partial charge < -0.3 is 9.47 Å². The number of sulfonamides is 1. The van der Waals surface area contributed by atoms with Crippen molar-refractivity contribution in [2.75, 3.05) is 32.6 Å². The summed E-state index contributed by atoms with van der Waals surface area (Å²) in [6.07, 6.45) is 3.50. The third-order valence-electron chi connectivity index (χ3n) is 4.79. The van der Waals surface area contributed by atoms with Gasteiger partial charge in [-0.05, 0) is 19.8 Å². The highest BCUT2D eigenvalue weighted by atomic mass is 32.2. The van der Waals surface area contributed by atoms with Gasteiger partial charge >= 0.3 is 11.9 Å². The first-order valence-corrected chi connectivity index (χ1v) is 10.8. The molecule has 1 unspecified atom stereocenters. The standard InChI is InChI=1S/C16H25N5O6S/c1-3-27-15(22)11-20-8-12(17-18-20)9-21-14(16(23)26-2)10-19(13-4-5-13)6-7-28(21,24)25/h8,13-14H,3-7,9-11H2,1-2H3. The van der Waals surface area contributed by atoms with Crippen molar-refractivity contribution in [3.63, 3.8) is 0 Å². The molecule has 2 heterocycles. The Bertz CT molecular complexity index is 821. The van der Waals surface area contributed by atoms with Gasteiger partial charge in [-0.25, -0.2) is 13.1 Å². The van der Waals surface area contributed by atoms with Gasteiger partial charge in [0.05, 0.1) is 37.9 Å². The molecule has 2 aliphatic rings. The van der Waals surface area contributed by atoms with Crippen LogP contribution in [-0.4, -0.2) is 89.2 Å². The smallest absolute Gasteiger partial charge is 0.327 e. The van der Waals surface area contributed by atoms with Crippen LogP contribution in [0.1, 0.15) is 25.5 Å². The maximum absolute atomic E-state index is 12.9. The first-order valence-electron chi connectivity index (χ1n) is 9.20. The number of methoxy groups -OCH3 is 1. The fraction of sp³-hybridized carbons (Fsp3) is 0.750. The van der Waals surface area contributed by atoms with Crippen LogP contribution in [0.3, 0.4) is 0 Å². The van der Waals surface area contributed by atoms with Crippen molar-refractivity contribution in [3.8, 4) is 0 Å². The fourth-order valence-corrected chi connectivity index (χ4v) is 4.81. The number of ether oxygens (including phenoxy) is 2. The lowest BCUT2D eigenvalue weighted by atomic mass is 10.2. The van der Waals surface area contributed by atoms with Crippen molar-refractivity contribution < 1.29 is 27.5 Å². The van der Waals surface area contributed by atoms with Crippen LogP contribution < -0.4 is 0 Å². The van der Waals surface area contributed by atoms with Gasteiger partial charge in [-0.15, -0.1) is 5.10 Å². The van der Waals surface area contributed by atoms with Gasteiger partial charge in [-0.2, -0.15) is 4.31 Å². The molecule has 11 nitrogen and oxygen atoms in total. The maximum Gasteiger partial charge on any atom is 0.327 e. The Hall–Kier alpha value is -2.05. The van der Waals surface area contributed by atoms with Crippen molar-refractivity contribution in [1.29, 1.82) is 0 Å². The van der Waals surface area contributed by atoms with Crippen LogP contribution in [0.2, 0.25) is 0 Å². The third kappa shape index (κ3) is 4.86. The minimum Gasteiger partial charge on any atom is -0.468 e. The quantitative estimate of drug-likeness (QED) is 0.515. The molecule has 0 aromatic carbocycles. The number of carbonyl (C=O) groups is 2. The lowest BCUT2D eigenvalue weighted by molar-refractivity contribution is -0.146. The summed E-state index contributed by atoms with van der Waals surface area (Å²) in [7, 11) is -2.46. The highest BCUT2D eigenvalue weighted by molar-refractivity contribution is 7.89. The van der Waals surface area contributed by atoms with Gasteiger partial charge in [0.15, 0.2) is 0 Å². The molecule has 156 valence electrons. The molecule has 1 saturated carbocycles. The van der Waals surface area contributed by atoms with Crippen LogP contribution in [0, 0.1) is 0 Å². The lowest BCUT2D eigenvalue weighted by Gasteiger charge is -2.27. The van der Waals surface area contributed by atoms with E-state index in [9.17, 15) is 18.0 Å². The number of rotatable bonds is 7. The zero-order valence-corrected chi connectivity index (χ0v) is 16.8. The third-order valence-corrected chi connectivity index (χ3v) is 6.58. The van der Waals surface area contributed by atoms with Gasteiger partial charge in [-0.1, -0.05) is 5.21 Å². The van der Waals surface area contributed by atoms with Gasteiger partial charge in [0.25, 0.3) is 0 Å². The molecule has 0 bridgehead atoms. The summed E-state index contributed by atoms with van der Waals surface area (Å²) in [5.74, 6) is -1.14. The first-order chi connectivity index (χ1) is 13.3. The van der Waals surface area contributed by atoms with E-state index in [1.807, 2.05) is 4.90 Å². The number of aromatic nitrogens is 3. The molecule has 1 atom stereocenters. The van der Waals surface area contributed by atoms with E-state index < -0.39 is 28.0 Å². The Labute approximate surface area is 163 Å². The molecular formula is C16H25N5O6S. The zero-order valence-electron chi connectivity index (χ0n) is 16.0. The highest BCUT2D eigenvalue weighted by Crippen LogP contribution is 2.30. The molecule has 1 aromatic rings. The molecule has 3 rings (SSSR count). The predicted molar refractivity (Wildman–Crippen MR) is 96.4 cm³/mol. The van der Waals surface area contributed by atoms with Crippen molar-refractivity contribution in [2.24, 2.45) is 0 Å². The van der Waals surface area contributed by atoms with E-state index >= 15 is 0 Å². The molecule has 1 aromatic heterocycles. The van der Waals surface area contributed by atoms with E-state index in [1.165, 1.54) is 18.0 Å². The number of carbonyl (C=O) groups excluding carboxylic acids is 2. The van der Waals surface area contributed by atoms with Gasteiger partial charge in [0.1, 0.15) is 12.6 Å². The molecular weight excluding hydrogens is 390 g/mol. The van der Waals surface area contributed by atoms with Crippen LogP contribution >= 0.6 is 0 Å². The molecule has 0 amide bonds. The Balaban J connectivity index is 1.79. The molecule has 28 heavy (non-hydrogen) atoms. The normalized spacial score (nSPS) is 23.1. The predicted octanol–water partition coefficient (Wildman–Crippen LogP) is -1.01. The van der Waals surface area contributed by atoms with E-state index in [1.54, 1.807) is 6.92 Å². The van der Waals surface area contributed by atoms with Gasteiger partial charge in [0.2, 0.25) is 10.0 Å². The van der Waals surface area contributed by atoms with Crippen molar-refractivity contribution in [1.82, 2.24) is 24.2 Å². The second-order valence-electron chi connectivity index (χ2n) is 6.84. The second kappa shape index (κ2) is 8.53. The summed E-state index contributed by atoms with van der Waals surface area (Å²) in [4.78, 5) is 26.0. The topological polar surface area (TPSA) is 124 Å². The van der Waals surface area contributed by atoms with E-state index in [-0.39, 0.29) is 32.0 Å². The lowest BCUT2D eigenvalue weighted by Crippen LogP contribution is -2.48. The SMILES string of the molecule is CCOC(=O)Cn1cc(CN2C(C(=O)OC)CN(C3CC3)CCS2(=O)=O)nn1. The minimum atomic E-state index is -3.70. The molecule has 1 aliphatic heterocycles. The Morgan fingerprint density at radius 1 is 1.32 bits per heavy atom. The highest BCUT2D eigenvalue weighted by Gasteiger charge is 2.43. The summed E-state index contributed by atoms with van der Waals surface area (Å²) in [6, 6.07) is -0.624. The Morgan fingerprint density at radius 2 is 2.07 bits per heavy atom. The van der Waals surface area contributed by atoms with Crippen molar-refractivity contribution in [3.05, 3.63) is 11.9 Å². The fourth-order valence-electron chi connectivity index (χ4n) is 3.24. The minimum absolute atomic E-state index is 0.0754. The molecule has 1 aliphatic carbocycles. The number of hydrogen-bond donors (Lipinski definition) is 0. The zero-order chi connectivity index (χ0) is 20.3. The van der Waals surface area contributed by atoms with E-state index in [0.717, 1.165) is 17.1 Å². The van der Waals surface area contributed by atoms with Crippen molar-refractivity contribution >= 4 is 22.0 Å². The number of hydrogen-bond acceptors (Lipinski definition) is 9. The molecule has 2 fully saturated rings. The van der Waals surface area contributed by atoms with Gasteiger partial charge in [0, 0.05) is 19.1 Å². The number of esters is 2. The Morgan fingerprint density at radius 3 is 2.71 bits per heavy atom. The van der Waals surface area contributed by atoms with E-state index in [0.29, 0.717) is 18.3 Å². The maximum atomic E-state index is 12.9. The van der Waals surface area contributed by atoms with Crippen LogP contribution in [0.4, 0.5) is 0 Å². The Kier molecular flexibility index (Phi) is 6.30. The summed E-state index contributed by atoms with van der Waals surface area (Å²) in [5, 5.41) is 7.78. The van der Waals surface area contributed by atoms with Crippen LogP contribution in [0.15, 0.2) is 6.20 Å². The molecule has 1 saturated heterocycles. The molecule has 0 N–H and O–H groups in total. The average molecular weight is 415 g/mol. The summed E-state index contributed by atoms with van der Waals surface area (Å²) in [5.41, 5.74) is 0.335. The monoisotopic (exact) mass is 415 g/mol. The first kappa shape index (κ1) is 20.7. The van der Waals surface area contributed by atoms with E-state index in [2.05, 4.69) is 10.3 Å². The second-order valence-corrected chi connectivity index (χ2v) is 8.88. The van der Waals surface area contributed by atoms with Gasteiger partial charge in [-0.3, -0.25) is 14.5 Å². The number of nitrogens with zero attached hydrogens (tertiary/aromatic N) is 5. The molecule has 0 radical (unpaired) electrons. The van der Waals surface area contributed by atoms with E-state index in [4.69, 9.17) is 9.47 Å². The van der Waals surface area contributed by atoms with Crippen molar-refractivity contribution in [2.45, 2.75) is 44.9 Å². The summed E-state index contributed by atoms with van der Waals surface area (Å²) in [6.45, 7) is 2.38. The van der Waals surface area contributed by atoms with Crippen LogP contribution in [0.5, 0.6) is 0 Å². The molecule has 0 spiro atoms. The average Bonchev–Trinajstić information content (AvgIpc) is 3.41. The molecule has 12 heteroatoms. The summed E-state index contributed by atoms with van der Waals surface area (Å²) >= 11 is 0.